The fourth-order valence-corrected chi connectivity index (χ4v) is 6.10. The third-order valence-corrected chi connectivity index (χ3v) is 7.72. The quantitative estimate of drug-likeness (QED) is 0.0966. The van der Waals surface area contributed by atoms with Crippen molar-refractivity contribution < 1.29 is 24.7 Å². The molecule has 32 heavy (non-hydrogen) atoms. The monoisotopic (exact) mass is 497 g/mol. The molecule has 0 bridgehead atoms. The van der Waals surface area contributed by atoms with Crippen molar-refractivity contribution in [3.8, 4) is 0 Å². The summed E-state index contributed by atoms with van der Waals surface area (Å²) in [6, 6.07) is -1.01. The molecule has 12 nitrogen and oxygen atoms in total. The molecule has 0 radical (unpaired) electrons. The van der Waals surface area contributed by atoms with E-state index in [1.807, 2.05) is 6.92 Å². The van der Waals surface area contributed by atoms with E-state index in [-0.39, 0.29) is 28.1 Å². The minimum atomic E-state index is -1.30. The molecule has 2 unspecified atom stereocenters. The maximum Gasteiger partial charge on any atom is 0.353 e. The van der Waals surface area contributed by atoms with Gasteiger partial charge in [0.25, 0.3) is 11.8 Å². The van der Waals surface area contributed by atoms with E-state index < -0.39 is 34.9 Å². The number of allylic oxidation sites excluding steroid dienone is 1. The molecular formula is C17H19N7O5S3. The number of carbonyl (C=O) groups is 3. The number of carboxylic acid groups (broad SMARTS) is 1. The molecule has 1 saturated heterocycles. The molecule has 3 rings (SSSR count). The van der Waals surface area contributed by atoms with Gasteiger partial charge in [0.15, 0.2) is 10.8 Å². The standard InChI is InChI=1S/C17H19N7O5S3/c1-2-3-7(12(18)19)32-8-5-30-15-10(14(26)24(15)11(8)16(27)28)22-13(25)9(23-29)6-4-31-17(20)21-6/h3-4,10,15,29H,2,5H2,1H3,(H3,18,19)(H2,20,21)(H,22,25)(H,27,28)/b7-3-,23-9-. The van der Waals surface area contributed by atoms with Crippen LogP contribution in [0.3, 0.4) is 0 Å². The Labute approximate surface area is 194 Å². The van der Waals surface area contributed by atoms with Gasteiger partial charge in [-0.2, -0.15) is 0 Å². The second kappa shape index (κ2) is 9.62. The van der Waals surface area contributed by atoms with Crippen LogP contribution in [0.15, 0.2) is 32.1 Å². The number of aliphatic carboxylic acids is 1. The van der Waals surface area contributed by atoms with Crippen LogP contribution < -0.4 is 16.8 Å². The first kappa shape index (κ1) is 23.6. The molecule has 2 aliphatic heterocycles. The third kappa shape index (κ3) is 4.44. The summed E-state index contributed by atoms with van der Waals surface area (Å²) >= 11 is 3.35. The van der Waals surface area contributed by atoms with Gasteiger partial charge in [-0.1, -0.05) is 29.9 Å². The Bertz CT molecular complexity index is 1080. The van der Waals surface area contributed by atoms with E-state index in [1.165, 1.54) is 17.1 Å². The number of carbonyl (C=O) groups excluding carboxylic acids is 2. The van der Waals surface area contributed by atoms with Gasteiger partial charge in [-0.25, -0.2) is 9.78 Å². The summed E-state index contributed by atoms with van der Waals surface area (Å²) in [6.07, 6.45) is 2.31. The zero-order valence-corrected chi connectivity index (χ0v) is 19.0. The number of rotatable bonds is 8. The number of thioether (sulfide) groups is 2. The SMILES string of the molecule is CC/C=C(\SC1=C(C(=O)O)N2C(=O)C(NC(=O)/C(=N\O)c3csc(N)n3)C2SC1)C(=N)N. The molecule has 8 N–H and O–H groups in total. The van der Waals surface area contributed by atoms with Crippen molar-refractivity contribution in [2.24, 2.45) is 10.9 Å². The minimum Gasteiger partial charge on any atom is -0.477 e. The Morgan fingerprint density at radius 1 is 1.53 bits per heavy atom. The van der Waals surface area contributed by atoms with Crippen LogP contribution in [0.2, 0.25) is 0 Å². The van der Waals surface area contributed by atoms with Crippen LogP contribution in [0.4, 0.5) is 5.13 Å². The van der Waals surface area contributed by atoms with E-state index in [4.69, 9.17) is 16.9 Å². The van der Waals surface area contributed by atoms with E-state index >= 15 is 0 Å². The zero-order valence-electron chi connectivity index (χ0n) is 16.6. The van der Waals surface area contributed by atoms with Gasteiger partial charge >= 0.3 is 5.97 Å². The van der Waals surface area contributed by atoms with Crippen LogP contribution in [0.5, 0.6) is 0 Å². The van der Waals surface area contributed by atoms with Crippen molar-refractivity contribution in [1.29, 1.82) is 5.41 Å². The molecule has 0 spiro atoms. The summed E-state index contributed by atoms with van der Waals surface area (Å²) in [5.74, 6) is -2.72. The fourth-order valence-electron chi connectivity index (χ4n) is 3.01. The Kier molecular flexibility index (Phi) is 7.10. The lowest BCUT2D eigenvalue weighted by atomic mass is 10.0. The van der Waals surface area contributed by atoms with Gasteiger partial charge in [0.05, 0.1) is 0 Å². The summed E-state index contributed by atoms with van der Waals surface area (Å²) in [5.41, 5.74) is 10.5. The average Bonchev–Trinajstić information content (AvgIpc) is 3.17. The van der Waals surface area contributed by atoms with Crippen LogP contribution in [-0.4, -0.2) is 66.7 Å². The van der Waals surface area contributed by atoms with Crippen LogP contribution >= 0.6 is 34.9 Å². The number of aromatic nitrogens is 1. The van der Waals surface area contributed by atoms with Crippen molar-refractivity contribution in [3.05, 3.63) is 32.7 Å². The number of carboxylic acids is 1. The zero-order chi connectivity index (χ0) is 23.6. The van der Waals surface area contributed by atoms with Gasteiger partial charge < -0.3 is 27.1 Å². The van der Waals surface area contributed by atoms with Gasteiger partial charge in [-0.3, -0.25) is 19.9 Å². The Hall–Kier alpha value is -3.04. The molecule has 3 heterocycles. The molecular weight excluding hydrogens is 478 g/mol. The van der Waals surface area contributed by atoms with Crippen molar-refractivity contribution in [1.82, 2.24) is 15.2 Å². The molecule has 2 atom stereocenters. The molecule has 0 aliphatic carbocycles. The second-order valence-corrected chi connectivity index (χ2v) is 9.58. The van der Waals surface area contributed by atoms with E-state index in [2.05, 4.69) is 15.5 Å². The number of nitrogens with two attached hydrogens (primary N) is 2. The lowest BCUT2D eigenvalue weighted by molar-refractivity contribution is -0.150. The highest BCUT2D eigenvalue weighted by atomic mass is 32.2. The maximum absolute atomic E-state index is 12.8. The van der Waals surface area contributed by atoms with E-state index in [9.17, 15) is 24.7 Å². The Balaban J connectivity index is 1.80. The highest BCUT2D eigenvalue weighted by Crippen LogP contribution is 2.45. The number of fused-ring (bicyclic) bond motifs is 1. The van der Waals surface area contributed by atoms with Gasteiger partial charge in [-0.05, 0) is 6.42 Å². The number of hydrogen-bond donors (Lipinski definition) is 6. The third-order valence-electron chi connectivity index (χ3n) is 4.39. The van der Waals surface area contributed by atoms with E-state index in [0.29, 0.717) is 16.2 Å². The lowest BCUT2D eigenvalue weighted by Crippen LogP contribution is -2.71. The minimum absolute atomic E-state index is 0.0525. The first-order valence-electron chi connectivity index (χ1n) is 9.07. The van der Waals surface area contributed by atoms with Crippen LogP contribution in [0.25, 0.3) is 0 Å². The van der Waals surface area contributed by atoms with Crippen LogP contribution in [0, 0.1) is 5.41 Å². The smallest absolute Gasteiger partial charge is 0.353 e. The number of nitrogen functional groups attached to an aromatic ring is 1. The highest BCUT2D eigenvalue weighted by Gasteiger charge is 2.54. The molecule has 0 aromatic carbocycles. The number of amidine groups is 1. The van der Waals surface area contributed by atoms with Gasteiger partial charge in [-0.15, -0.1) is 23.1 Å². The molecule has 1 aromatic rings. The number of anilines is 1. The summed E-state index contributed by atoms with van der Waals surface area (Å²) in [7, 11) is 0. The Morgan fingerprint density at radius 2 is 2.25 bits per heavy atom. The molecule has 0 saturated carbocycles. The predicted molar refractivity (Wildman–Crippen MR) is 122 cm³/mol. The predicted octanol–water partition coefficient (Wildman–Crippen LogP) is 0.563. The number of nitrogens with zero attached hydrogens (tertiary/aromatic N) is 3. The summed E-state index contributed by atoms with van der Waals surface area (Å²) in [6.45, 7) is 1.86. The number of hydrogen-bond acceptors (Lipinski definition) is 11. The highest BCUT2D eigenvalue weighted by molar-refractivity contribution is 8.09. The first-order chi connectivity index (χ1) is 15.2. The number of nitrogens with one attached hydrogen (secondary N) is 2. The van der Waals surface area contributed by atoms with E-state index in [1.54, 1.807) is 6.08 Å². The van der Waals surface area contributed by atoms with Gasteiger partial charge in [0, 0.05) is 20.9 Å². The lowest BCUT2D eigenvalue weighted by Gasteiger charge is -2.49. The van der Waals surface area contributed by atoms with Crippen molar-refractivity contribution in [2.45, 2.75) is 24.8 Å². The number of β-lactam (4-membered cyclic amide) rings is 1. The summed E-state index contributed by atoms with van der Waals surface area (Å²) < 4.78 is 0. The van der Waals surface area contributed by atoms with Crippen LogP contribution in [0.1, 0.15) is 19.0 Å². The van der Waals surface area contributed by atoms with Crippen molar-refractivity contribution in [3.63, 3.8) is 0 Å². The number of amides is 2. The molecule has 2 amide bonds. The number of oxime groups is 1. The maximum atomic E-state index is 12.8. The fraction of sp³-hybridized carbons (Fsp3) is 0.294. The molecule has 1 fully saturated rings. The van der Waals surface area contributed by atoms with Gasteiger partial charge in [0.2, 0.25) is 0 Å². The van der Waals surface area contributed by atoms with Gasteiger partial charge in [0.1, 0.15) is 28.6 Å². The first-order valence-corrected chi connectivity index (χ1v) is 11.8. The van der Waals surface area contributed by atoms with E-state index in [0.717, 1.165) is 28.0 Å². The largest absolute Gasteiger partial charge is 0.477 e. The molecule has 170 valence electrons. The van der Waals surface area contributed by atoms with Crippen molar-refractivity contribution in [2.75, 3.05) is 11.5 Å². The Morgan fingerprint density at radius 3 is 2.78 bits per heavy atom. The topological polar surface area (TPSA) is 208 Å². The normalized spacial score (nSPS) is 21.2. The second-order valence-electron chi connectivity index (χ2n) is 6.45. The summed E-state index contributed by atoms with van der Waals surface area (Å²) in [5, 5.41) is 33.0. The van der Waals surface area contributed by atoms with Crippen LogP contribution in [-0.2, 0) is 14.4 Å². The average molecular weight is 498 g/mol. The molecule has 15 heteroatoms. The molecule has 1 aromatic heterocycles. The molecule has 2 aliphatic rings. The number of thiazole rings is 1. The van der Waals surface area contributed by atoms with Crippen molar-refractivity contribution >= 4 is 69.3 Å². The summed E-state index contributed by atoms with van der Waals surface area (Å²) in [4.78, 5) is 43.0.